The molecule has 1 aromatic heterocycles. The molecule has 2 aromatic rings. The maximum absolute atomic E-state index is 12.9. The number of benzene rings is 1. The number of halogens is 2. The standard InChI is InChI=1S/C17H17Cl2N5O4S/c1-22-15(26)13(29-11-4-2-3-10(18)12(11)19)14(20)21-16(22)23-5-6-24(17(27)28)9(7-23)8-25/h2-4,8-9H,5-7,20H2,1H3,(H,27,28)/t9-/m1/s1. The van der Waals surface area contributed by atoms with Crippen molar-refractivity contribution in [3.05, 3.63) is 38.6 Å². The van der Waals surface area contributed by atoms with Gasteiger partial charge < -0.3 is 20.5 Å². The summed E-state index contributed by atoms with van der Waals surface area (Å²) in [6.45, 7) is 0.439. The van der Waals surface area contributed by atoms with Crippen LogP contribution in [0.1, 0.15) is 0 Å². The van der Waals surface area contributed by atoms with E-state index in [4.69, 9.17) is 28.9 Å². The quantitative estimate of drug-likeness (QED) is 0.669. The zero-order valence-corrected chi connectivity index (χ0v) is 17.5. The molecule has 0 unspecified atom stereocenters. The number of rotatable bonds is 4. The first-order valence-corrected chi connectivity index (χ1v) is 10.00. The van der Waals surface area contributed by atoms with E-state index in [0.29, 0.717) is 21.2 Å². The number of nitrogens with zero attached hydrogens (tertiary/aromatic N) is 4. The molecule has 1 amide bonds. The third-order valence-corrected chi connectivity index (χ3v) is 6.56. The highest BCUT2D eigenvalue weighted by molar-refractivity contribution is 7.99. The first-order valence-electron chi connectivity index (χ1n) is 8.42. The zero-order valence-electron chi connectivity index (χ0n) is 15.2. The van der Waals surface area contributed by atoms with E-state index in [9.17, 15) is 19.5 Å². The van der Waals surface area contributed by atoms with Crippen LogP contribution in [0.25, 0.3) is 0 Å². The van der Waals surface area contributed by atoms with Crippen molar-refractivity contribution < 1.29 is 14.7 Å². The molecule has 0 bridgehead atoms. The number of anilines is 2. The highest BCUT2D eigenvalue weighted by atomic mass is 35.5. The number of aromatic nitrogens is 2. The molecule has 12 heteroatoms. The first-order chi connectivity index (χ1) is 13.7. The van der Waals surface area contributed by atoms with Crippen molar-refractivity contribution in [2.45, 2.75) is 15.8 Å². The van der Waals surface area contributed by atoms with E-state index in [1.807, 2.05) is 0 Å². The van der Waals surface area contributed by atoms with E-state index < -0.39 is 17.7 Å². The molecule has 2 heterocycles. The van der Waals surface area contributed by atoms with Gasteiger partial charge >= 0.3 is 6.09 Å². The summed E-state index contributed by atoms with van der Waals surface area (Å²) in [5.74, 6) is 0.262. The Kier molecular flexibility index (Phi) is 6.25. The van der Waals surface area contributed by atoms with E-state index in [0.717, 1.165) is 16.7 Å². The molecule has 0 saturated carbocycles. The lowest BCUT2D eigenvalue weighted by Gasteiger charge is -2.38. The van der Waals surface area contributed by atoms with Crippen LogP contribution in [0.15, 0.2) is 32.8 Å². The Balaban J connectivity index is 1.94. The smallest absolute Gasteiger partial charge is 0.408 e. The number of amides is 1. The fourth-order valence-electron chi connectivity index (χ4n) is 2.98. The molecule has 154 valence electrons. The van der Waals surface area contributed by atoms with Crippen molar-refractivity contribution in [3.8, 4) is 0 Å². The lowest BCUT2D eigenvalue weighted by molar-refractivity contribution is -0.112. The molecule has 0 aliphatic carbocycles. The Hall–Kier alpha value is -2.43. The molecule has 9 nitrogen and oxygen atoms in total. The number of hydrogen-bond acceptors (Lipinski definition) is 7. The topological polar surface area (TPSA) is 122 Å². The number of nitrogen functional groups attached to an aromatic ring is 1. The predicted octanol–water partition coefficient (Wildman–Crippen LogP) is 2.19. The lowest BCUT2D eigenvalue weighted by Crippen LogP contribution is -2.56. The first kappa shape index (κ1) is 21.3. The Bertz CT molecular complexity index is 1030. The maximum atomic E-state index is 12.9. The minimum Gasteiger partial charge on any atom is -0.465 e. The van der Waals surface area contributed by atoms with E-state index in [2.05, 4.69) is 4.98 Å². The van der Waals surface area contributed by atoms with Gasteiger partial charge in [0.1, 0.15) is 23.0 Å². The van der Waals surface area contributed by atoms with Gasteiger partial charge in [0.05, 0.1) is 10.0 Å². The number of hydrogen-bond donors (Lipinski definition) is 2. The van der Waals surface area contributed by atoms with Crippen molar-refractivity contribution in [1.82, 2.24) is 14.5 Å². The van der Waals surface area contributed by atoms with Crippen LogP contribution in [0.5, 0.6) is 0 Å². The molecule has 29 heavy (non-hydrogen) atoms. The normalized spacial score (nSPS) is 16.7. The Morgan fingerprint density at radius 1 is 1.38 bits per heavy atom. The van der Waals surface area contributed by atoms with Crippen LogP contribution in [-0.2, 0) is 11.8 Å². The number of nitrogens with two attached hydrogens (primary N) is 1. The summed E-state index contributed by atoms with van der Waals surface area (Å²) in [6.07, 6.45) is -0.610. The monoisotopic (exact) mass is 457 g/mol. The lowest BCUT2D eigenvalue weighted by atomic mass is 10.2. The van der Waals surface area contributed by atoms with Gasteiger partial charge in [0.2, 0.25) is 5.95 Å². The highest BCUT2D eigenvalue weighted by Gasteiger charge is 2.32. The van der Waals surface area contributed by atoms with E-state index in [1.54, 1.807) is 23.1 Å². The second-order valence-corrected chi connectivity index (χ2v) is 8.11. The van der Waals surface area contributed by atoms with Crippen LogP contribution >= 0.6 is 35.0 Å². The van der Waals surface area contributed by atoms with Gasteiger partial charge in [-0.2, -0.15) is 4.98 Å². The average Bonchev–Trinajstić information content (AvgIpc) is 2.70. The van der Waals surface area contributed by atoms with Crippen molar-refractivity contribution in [2.75, 3.05) is 30.3 Å². The van der Waals surface area contributed by atoms with Gasteiger partial charge in [-0.05, 0) is 12.1 Å². The minimum atomic E-state index is -1.17. The zero-order chi connectivity index (χ0) is 21.3. The minimum absolute atomic E-state index is 0.00691. The molecule has 3 rings (SSSR count). The van der Waals surface area contributed by atoms with E-state index >= 15 is 0 Å². The Labute approximate surface area is 180 Å². The van der Waals surface area contributed by atoms with Crippen LogP contribution in [-0.4, -0.2) is 57.6 Å². The number of piperazine rings is 1. The molecule has 0 radical (unpaired) electrons. The maximum Gasteiger partial charge on any atom is 0.408 e. The van der Waals surface area contributed by atoms with Gasteiger partial charge in [-0.3, -0.25) is 14.3 Å². The van der Waals surface area contributed by atoms with Crippen LogP contribution in [0.4, 0.5) is 16.6 Å². The van der Waals surface area contributed by atoms with Crippen LogP contribution in [0, 0.1) is 0 Å². The average molecular weight is 458 g/mol. The number of carbonyl (C=O) groups excluding carboxylic acids is 1. The molecular weight excluding hydrogens is 441 g/mol. The Morgan fingerprint density at radius 3 is 2.76 bits per heavy atom. The summed E-state index contributed by atoms with van der Waals surface area (Å²) in [7, 11) is 1.53. The molecule has 1 fully saturated rings. The SMILES string of the molecule is Cn1c(N2CCN(C(=O)O)[C@@H](C=O)C2)nc(N)c(Sc2cccc(Cl)c2Cl)c1=O. The summed E-state index contributed by atoms with van der Waals surface area (Å²) in [5.41, 5.74) is 5.66. The summed E-state index contributed by atoms with van der Waals surface area (Å²) in [4.78, 5) is 43.3. The predicted molar refractivity (Wildman–Crippen MR) is 111 cm³/mol. The molecule has 3 N–H and O–H groups in total. The molecule has 1 aliphatic rings. The fraction of sp³-hybridized carbons (Fsp3) is 0.294. The van der Waals surface area contributed by atoms with Gasteiger partial charge in [0, 0.05) is 31.6 Å². The number of carbonyl (C=O) groups is 2. The summed E-state index contributed by atoms with van der Waals surface area (Å²) < 4.78 is 1.31. The third-order valence-electron chi connectivity index (χ3n) is 4.48. The molecule has 0 spiro atoms. The van der Waals surface area contributed by atoms with Gasteiger partial charge in [-0.25, -0.2) is 4.79 Å². The van der Waals surface area contributed by atoms with E-state index in [1.165, 1.54) is 11.6 Å². The van der Waals surface area contributed by atoms with Gasteiger partial charge in [-0.1, -0.05) is 41.0 Å². The third kappa shape index (κ3) is 4.14. The number of carboxylic acid groups (broad SMARTS) is 1. The van der Waals surface area contributed by atoms with Crippen LogP contribution in [0.3, 0.4) is 0 Å². The van der Waals surface area contributed by atoms with Crippen molar-refractivity contribution in [3.63, 3.8) is 0 Å². The van der Waals surface area contributed by atoms with Crippen molar-refractivity contribution in [2.24, 2.45) is 7.05 Å². The second-order valence-electron chi connectivity index (χ2n) is 6.27. The molecule has 1 saturated heterocycles. The van der Waals surface area contributed by atoms with Crippen molar-refractivity contribution in [1.29, 1.82) is 0 Å². The molecule has 1 aliphatic heterocycles. The Morgan fingerprint density at radius 2 is 2.10 bits per heavy atom. The van der Waals surface area contributed by atoms with E-state index in [-0.39, 0.29) is 36.3 Å². The molecule has 1 aromatic carbocycles. The summed E-state index contributed by atoms with van der Waals surface area (Å²) >= 11 is 13.3. The van der Waals surface area contributed by atoms with Crippen LogP contribution in [0.2, 0.25) is 10.0 Å². The fourth-order valence-corrected chi connectivity index (χ4v) is 4.40. The molecular formula is C17H17Cl2N5O4S. The van der Waals surface area contributed by atoms with Crippen molar-refractivity contribution >= 4 is 59.1 Å². The van der Waals surface area contributed by atoms with Gasteiger partial charge in [-0.15, -0.1) is 0 Å². The van der Waals surface area contributed by atoms with Gasteiger partial charge in [0.15, 0.2) is 0 Å². The molecule has 1 atom stereocenters. The second kappa shape index (κ2) is 8.52. The van der Waals surface area contributed by atoms with Gasteiger partial charge in [0.25, 0.3) is 5.56 Å². The largest absolute Gasteiger partial charge is 0.465 e. The summed E-state index contributed by atoms with van der Waals surface area (Å²) in [6, 6.07) is 4.20. The van der Waals surface area contributed by atoms with Crippen LogP contribution < -0.4 is 16.2 Å². The summed E-state index contributed by atoms with van der Waals surface area (Å²) in [5, 5.41) is 9.86. The number of aldehydes is 1. The highest BCUT2D eigenvalue weighted by Crippen LogP contribution is 2.37.